The quantitative estimate of drug-likeness (QED) is 0.759. The van der Waals surface area contributed by atoms with E-state index in [9.17, 15) is 0 Å². The summed E-state index contributed by atoms with van der Waals surface area (Å²) in [7, 11) is 0. The second kappa shape index (κ2) is 7.64. The third-order valence-corrected chi connectivity index (χ3v) is 3.53. The fraction of sp³-hybridized carbons (Fsp3) is 0.846. The molecule has 1 rings (SSSR count). The van der Waals surface area contributed by atoms with Gasteiger partial charge >= 0.3 is 0 Å². The van der Waals surface area contributed by atoms with Crippen molar-refractivity contribution in [3.8, 4) is 0 Å². The molecule has 3 nitrogen and oxygen atoms in total. The van der Waals surface area contributed by atoms with Crippen LogP contribution in [0.3, 0.4) is 0 Å². The lowest BCUT2D eigenvalue weighted by Crippen LogP contribution is -2.18. The summed E-state index contributed by atoms with van der Waals surface area (Å²) in [5.74, 6) is 0.651. The lowest BCUT2D eigenvalue weighted by atomic mass is 10.1. The average Bonchev–Trinajstić information content (AvgIpc) is 2.65. The molecule has 0 bridgehead atoms. The van der Waals surface area contributed by atoms with E-state index < -0.39 is 0 Å². The number of nitrogens with zero attached hydrogens (tertiary/aromatic N) is 2. The Hall–Kier alpha value is -0.640. The molecule has 1 N–H and O–H groups in total. The van der Waals surface area contributed by atoms with Gasteiger partial charge in [-0.15, -0.1) is 10.2 Å². The van der Waals surface area contributed by atoms with Gasteiger partial charge in [-0.25, -0.2) is 0 Å². The zero-order valence-electron chi connectivity index (χ0n) is 11.5. The highest BCUT2D eigenvalue weighted by molar-refractivity contribution is 7.15. The lowest BCUT2D eigenvalue weighted by molar-refractivity contribution is 0.585. The summed E-state index contributed by atoms with van der Waals surface area (Å²) in [6, 6.07) is 0.560. The van der Waals surface area contributed by atoms with Gasteiger partial charge in [0.2, 0.25) is 5.13 Å². The van der Waals surface area contributed by atoms with Crippen LogP contribution in [0.5, 0.6) is 0 Å². The van der Waals surface area contributed by atoms with Gasteiger partial charge in [0.15, 0.2) is 0 Å². The lowest BCUT2D eigenvalue weighted by Gasteiger charge is -2.15. The van der Waals surface area contributed by atoms with E-state index in [-0.39, 0.29) is 0 Å². The van der Waals surface area contributed by atoms with Crippen molar-refractivity contribution in [1.29, 1.82) is 0 Å². The molecule has 17 heavy (non-hydrogen) atoms. The van der Waals surface area contributed by atoms with Crippen molar-refractivity contribution >= 4 is 16.5 Å². The minimum absolute atomic E-state index is 0.560. The second-order valence-corrected chi connectivity index (χ2v) is 6.08. The molecule has 0 aliphatic heterocycles. The summed E-state index contributed by atoms with van der Waals surface area (Å²) in [5.41, 5.74) is 0. The summed E-state index contributed by atoms with van der Waals surface area (Å²) in [4.78, 5) is 0. The first-order valence-corrected chi connectivity index (χ1v) is 7.56. The summed E-state index contributed by atoms with van der Waals surface area (Å²) in [6.45, 7) is 8.89. The van der Waals surface area contributed by atoms with E-state index >= 15 is 0 Å². The van der Waals surface area contributed by atoms with Crippen LogP contribution in [0.2, 0.25) is 0 Å². The highest BCUT2D eigenvalue weighted by atomic mass is 32.1. The monoisotopic (exact) mass is 255 g/mol. The number of nitrogens with one attached hydrogen (secondary N) is 1. The van der Waals surface area contributed by atoms with Gasteiger partial charge in [-0.2, -0.15) is 0 Å². The topological polar surface area (TPSA) is 37.8 Å². The Labute approximate surface area is 109 Å². The van der Waals surface area contributed by atoms with E-state index in [1.54, 1.807) is 11.3 Å². The molecule has 1 aromatic rings. The van der Waals surface area contributed by atoms with E-state index in [0.29, 0.717) is 12.0 Å². The van der Waals surface area contributed by atoms with Gasteiger partial charge in [-0.3, -0.25) is 0 Å². The number of hydrogen-bond donors (Lipinski definition) is 1. The Morgan fingerprint density at radius 1 is 1.12 bits per heavy atom. The van der Waals surface area contributed by atoms with Gasteiger partial charge in [0.05, 0.1) is 0 Å². The fourth-order valence-electron chi connectivity index (χ4n) is 1.90. The predicted molar refractivity (Wildman–Crippen MR) is 75.7 cm³/mol. The normalized spacial score (nSPS) is 11.4. The van der Waals surface area contributed by atoms with Crippen LogP contribution >= 0.6 is 11.3 Å². The average molecular weight is 255 g/mol. The molecule has 0 aliphatic rings. The maximum absolute atomic E-state index is 4.24. The highest BCUT2D eigenvalue weighted by Crippen LogP contribution is 2.21. The second-order valence-electron chi connectivity index (χ2n) is 5.02. The van der Waals surface area contributed by atoms with Gasteiger partial charge in [-0.1, -0.05) is 51.9 Å². The van der Waals surface area contributed by atoms with Crippen molar-refractivity contribution in [3.63, 3.8) is 0 Å². The van der Waals surface area contributed by atoms with Crippen LogP contribution in [0, 0.1) is 5.92 Å². The first kappa shape index (κ1) is 14.4. The molecule has 0 amide bonds. The van der Waals surface area contributed by atoms with Gasteiger partial charge in [0.1, 0.15) is 5.01 Å². The van der Waals surface area contributed by atoms with Crippen LogP contribution in [0.15, 0.2) is 0 Å². The smallest absolute Gasteiger partial charge is 0.205 e. The van der Waals surface area contributed by atoms with Crippen LogP contribution in [0.1, 0.15) is 58.4 Å². The Balaban J connectivity index is 2.50. The van der Waals surface area contributed by atoms with Crippen LogP contribution in [0.25, 0.3) is 0 Å². The molecule has 1 aromatic heterocycles. The van der Waals surface area contributed by atoms with Gasteiger partial charge in [0.25, 0.3) is 0 Å². The number of aromatic nitrogens is 2. The zero-order chi connectivity index (χ0) is 12.7. The third kappa shape index (κ3) is 5.48. The first-order chi connectivity index (χ1) is 8.15. The predicted octanol–water partition coefficient (Wildman–Crippen LogP) is 4.12. The van der Waals surface area contributed by atoms with Crippen LogP contribution in [-0.2, 0) is 6.42 Å². The molecule has 1 heterocycles. The van der Waals surface area contributed by atoms with E-state index in [2.05, 4.69) is 43.2 Å². The van der Waals surface area contributed by atoms with Crippen molar-refractivity contribution in [2.24, 2.45) is 5.92 Å². The summed E-state index contributed by atoms with van der Waals surface area (Å²) in [5, 5.41) is 14.1. The maximum Gasteiger partial charge on any atom is 0.205 e. The maximum atomic E-state index is 4.24. The molecule has 0 saturated carbocycles. The fourth-order valence-corrected chi connectivity index (χ4v) is 2.93. The summed E-state index contributed by atoms with van der Waals surface area (Å²) < 4.78 is 0. The minimum atomic E-state index is 0.560. The molecule has 0 fully saturated rings. The van der Waals surface area contributed by atoms with Crippen LogP contribution < -0.4 is 5.32 Å². The Morgan fingerprint density at radius 2 is 1.76 bits per heavy atom. The molecule has 0 aromatic carbocycles. The first-order valence-electron chi connectivity index (χ1n) is 6.74. The van der Waals surface area contributed by atoms with Crippen molar-refractivity contribution in [1.82, 2.24) is 10.2 Å². The number of hydrogen-bond acceptors (Lipinski definition) is 4. The molecular formula is C13H25N3S. The van der Waals surface area contributed by atoms with Crippen LogP contribution in [-0.4, -0.2) is 16.2 Å². The molecule has 0 spiro atoms. The van der Waals surface area contributed by atoms with Gasteiger partial charge < -0.3 is 5.32 Å². The minimum Gasteiger partial charge on any atom is -0.357 e. The van der Waals surface area contributed by atoms with E-state index in [1.807, 2.05) is 0 Å². The van der Waals surface area contributed by atoms with E-state index in [1.165, 1.54) is 25.7 Å². The molecule has 0 atom stereocenters. The Kier molecular flexibility index (Phi) is 6.48. The van der Waals surface area contributed by atoms with Gasteiger partial charge in [-0.05, 0) is 18.8 Å². The third-order valence-electron chi connectivity index (χ3n) is 2.65. The Bertz CT molecular complexity index is 303. The van der Waals surface area contributed by atoms with Gasteiger partial charge in [0, 0.05) is 12.5 Å². The molecule has 0 aliphatic carbocycles. The summed E-state index contributed by atoms with van der Waals surface area (Å²) >= 11 is 1.71. The molecule has 0 saturated heterocycles. The molecule has 4 heteroatoms. The SMILES string of the molecule is CCCC(CCC)Nc1nnc(CC(C)C)s1. The van der Waals surface area contributed by atoms with E-state index in [4.69, 9.17) is 0 Å². The van der Waals surface area contributed by atoms with Crippen molar-refractivity contribution < 1.29 is 0 Å². The zero-order valence-corrected chi connectivity index (χ0v) is 12.3. The molecule has 98 valence electrons. The molecule has 0 radical (unpaired) electrons. The number of rotatable bonds is 8. The van der Waals surface area contributed by atoms with Crippen LogP contribution in [0.4, 0.5) is 5.13 Å². The van der Waals surface area contributed by atoms with Crippen molar-refractivity contribution in [3.05, 3.63) is 5.01 Å². The van der Waals surface area contributed by atoms with Crippen molar-refractivity contribution in [2.45, 2.75) is 65.8 Å². The highest BCUT2D eigenvalue weighted by Gasteiger charge is 2.10. The van der Waals surface area contributed by atoms with E-state index in [0.717, 1.165) is 16.6 Å². The molecule has 0 unspecified atom stereocenters. The largest absolute Gasteiger partial charge is 0.357 e. The summed E-state index contributed by atoms with van der Waals surface area (Å²) in [6.07, 6.45) is 5.90. The van der Waals surface area contributed by atoms with Crippen molar-refractivity contribution in [2.75, 3.05) is 5.32 Å². The standard InChI is InChI=1S/C13H25N3S/c1-5-7-11(8-6-2)14-13-16-15-12(17-13)9-10(3)4/h10-11H,5-9H2,1-4H3,(H,14,16). The Morgan fingerprint density at radius 3 is 2.29 bits per heavy atom. The number of anilines is 1. The molecular weight excluding hydrogens is 230 g/mol.